The molecule has 1 amide bonds. The maximum absolute atomic E-state index is 12.6. The van der Waals surface area contributed by atoms with E-state index in [1.165, 1.54) is 31.3 Å². The number of nitrogens with zero attached hydrogens (tertiary/aromatic N) is 1. The summed E-state index contributed by atoms with van der Waals surface area (Å²) in [6.45, 7) is 0. The van der Waals surface area contributed by atoms with E-state index >= 15 is 0 Å². The smallest absolute Gasteiger partial charge is 0.254 e. The SMILES string of the molecule is CN1c2ccccc2C(=O)C(C(=O)Nc2ccc(Cl)cc2)S1(=O)=O. The van der Waals surface area contributed by atoms with Crippen LogP contribution in [0, 0.1) is 0 Å². The van der Waals surface area contributed by atoms with Crippen LogP contribution in [0.15, 0.2) is 48.5 Å². The number of nitrogens with one attached hydrogen (secondary N) is 1. The van der Waals surface area contributed by atoms with Gasteiger partial charge in [0, 0.05) is 23.3 Å². The number of sulfonamides is 1. The van der Waals surface area contributed by atoms with E-state index in [9.17, 15) is 18.0 Å². The summed E-state index contributed by atoms with van der Waals surface area (Å²) in [5, 5.41) is 1.10. The average Bonchev–Trinajstić information content (AvgIpc) is 2.55. The van der Waals surface area contributed by atoms with Gasteiger partial charge in [0.15, 0.2) is 5.78 Å². The van der Waals surface area contributed by atoms with Gasteiger partial charge in [-0.1, -0.05) is 23.7 Å². The number of para-hydroxylation sites is 1. The molecule has 1 unspecified atom stereocenters. The molecule has 3 rings (SSSR count). The monoisotopic (exact) mass is 364 g/mol. The standard InChI is InChI=1S/C16H13ClN2O4S/c1-19-13-5-3-2-4-12(13)14(20)15(24(19,22)23)16(21)18-11-8-6-10(17)7-9-11/h2-9,15H,1H3,(H,18,21). The van der Waals surface area contributed by atoms with Crippen molar-refractivity contribution in [1.82, 2.24) is 0 Å². The summed E-state index contributed by atoms with van der Waals surface area (Å²) in [4.78, 5) is 25.0. The quantitative estimate of drug-likeness (QED) is 0.829. The van der Waals surface area contributed by atoms with Crippen LogP contribution in [0.5, 0.6) is 0 Å². The normalized spacial score (nSPS) is 18.8. The van der Waals surface area contributed by atoms with Crippen LogP contribution in [0.4, 0.5) is 11.4 Å². The van der Waals surface area contributed by atoms with Gasteiger partial charge in [0.25, 0.3) is 15.9 Å². The maximum Gasteiger partial charge on any atom is 0.254 e. The minimum atomic E-state index is -4.15. The van der Waals surface area contributed by atoms with E-state index in [0.717, 1.165) is 4.31 Å². The zero-order valence-corrected chi connectivity index (χ0v) is 14.1. The lowest BCUT2D eigenvalue weighted by Crippen LogP contribution is -2.51. The predicted octanol–water partition coefficient (Wildman–Crippen LogP) is 2.31. The number of carbonyl (C=O) groups excluding carboxylic acids is 2. The lowest BCUT2D eigenvalue weighted by Gasteiger charge is -2.31. The Hall–Kier alpha value is -2.38. The molecule has 1 N–H and O–H groups in total. The molecule has 8 heteroatoms. The second-order valence-corrected chi connectivity index (χ2v) is 7.76. The molecule has 1 aliphatic heterocycles. The van der Waals surface area contributed by atoms with Crippen molar-refractivity contribution in [2.45, 2.75) is 5.25 Å². The summed E-state index contributed by atoms with van der Waals surface area (Å²) in [7, 11) is -2.82. The molecular formula is C16H13ClN2O4S. The van der Waals surface area contributed by atoms with E-state index in [0.29, 0.717) is 10.7 Å². The fraction of sp³-hybridized carbons (Fsp3) is 0.125. The third-order valence-electron chi connectivity index (χ3n) is 3.78. The van der Waals surface area contributed by atoms with Gasteiger partial charge in [-0.05, 0) is 36.4 Å². The van der Waals surface area contributed by atoms with E-state index in [2.05, 4.69) is 5.32 Å². The van der Waals surface area contributed by atoms with E-state index in [1.54, 1.807) is 24.3 Å². The number of hydrogen-bond donors (Lipinski definition) is 1. The Morgan fingerprint density at radius 3 is 2.42 bits per heavy atom. The van der Waals surface area contributed by atoms with Crippen molar-refractivity contribution < 1.29 is 18.0 Å². The van der Waals surface area contributed by atoms with Crippen LogP contribution in [0.1, 0.15) is 10.4 Å². The Kier molecular flexibility index (Phi) is 4.06. The number of halogens is 1. The zero-order valence-electron chi connectivity index (χ0n) is 12.6. The largest absolute Gasteiger partial charge is 0.324 e. The molecule has 2 aromatic carbocycles. The highest BCUT2D eigenvalue weighted by Gasteiger charge is 2.47. The Morgan fingerprint density at radius 2 is 1.75 bits per heavy atom. The van der Waals surface area contributed by atoms with Crippen molar-refractivity contribution in [3.8, 4) is 0 Å². The first-order chi connectivity index (χ1) is 11.3. The molecule has 1 heterocycles. The average molecular weight is 365 g/mol. The van der Waals surface area contributed by atoms with Crippen LogP contribution >= 0.6 is 11.6 Å². The number of benzene rings is 2. The van der Waals surface area contributed by atoms with Crippen LogP contribution in [-0.2, 0) is 14.8 Å². The molecule has 0 saturated heterocycles. The van der Waals surface area contributed by atoms with Gasteiger partial charge in [-0.3, -0.25) is 13.9 Å². The molecule has 0 saturated carbocycles. The van der Waals surface area contributed by atoms with Crippen LogP contribution in [0.3, 0.4) is 0 Å². The fourth-order valence-corrected chi connectivity index (χ4v) is 4.13. The summed E-state index contributed by atoms with van der Waals surface area (Å²) in [6.07, 6.45) is 0. The Labute approximate surface area is 144 Å². The van der Waals surface area contributed by atoms with Crippen molar-refractivity contribution in [1.29, 1.82) is 0 Å². The molecule has 0 aliphatic carbocycles. The third kappa shape index (κ3) is 2.65. The van der Waals surface area contributed by atoms with Crippen LogP contribution < -0.4 is 9.62 Å². The number of hydrogen-bond acceptors (Lipinski definition) is 4. The number of anilines is 2. The van der Waals surface area contributed by atoms with Gasteiger partial charge < -0.3 is 5.32 Å². The number of amides is 1. The topological polar surface area (TPSA) is 83.6 Å². The second kappa shape index (κ2) is 5.92. The molecule has 0 bridgehead atoms. The summed E-state index contributed by atoms with van der Waals surface area (Å²) in [6, 6.07) is 12.4. The van der Waals surface area contributed by atoms with Gasteiger partial charge in [0.05, 0.1) is 5.69 Å². The Bertz CT molecular complexity index is 925. The van der Waals surface area contributed by atoms with E-state index in [1.807, 2.05) is 0 Å². The number of carbonyl (C=O) groups is 2. The number of ketones is 1. The summed E-state index contributed by atoms with van der Waals surface area (Å²) in [5.41, 5.74) is 0.818. The molecule has 6 nitrogen and oxygen atoms in total. The highest BCUT2D eigenvalue weighted by molar-refractivity contribution is 7.95. The lowest BCUT2D eigenvalue weighted by atomic mass is 10.0. The highest BCUT2D eigenvalue weighted by Crippen LogP contribution is 2.32. The zero-order chi connectivity index (χ0) is 17.5. The van der Waals surface area contributed by atoms with E-state index in [-0.39, 0.29) is 11.3 Å². The number of fused-ring (bicyclic) bond motifs is 1. The Morgan fingerprint density at radius 1 is 1.12 bits per heavy atom. The van der Waals surface area contributed by atoms with Gasteiger partial charge in [0.1, 0.15) is 0 Å². The molecule has 1 atom stereocenters. The summed E-state index contributed by atoms with van der Waals surface area (Å²) >= 11 is 5.77. The molecule has 2 aromatic rings. The third-order valence-corrected chi connectivity index (χ3v) is 6.01. The predicted molar refractivity (Wildman–Crippen MR) is 92.0 cm³/mol. The minimum Gasteiger partial charge on any atom is -0.324 e. The second-order valence-electron chi connectivity index (χ2n) is 5.27. The van der Waals surface area contributed by atoms with Gasteiger partial charge in [-0.2, -0.15) is 0 Å². The van der Waals surface area contributed by atoms with Crippen molar-refractivity contribution >= 4 is 44.7 Å². The Balaban J connectivity index is 1.99. The highest BCUT2D eigenvalue weighted by atomic mass is 35.5. The molecule has 124 valence electrons. The minimum absolute atomic E-state index is 0.200. The molecule has 0 fully saturated rings. The number of Topliss-reactive ketones (excluding diaryl/α,β-unsaturated/α-hetero) is 1. The van der Waals surface area contributed by atoms with Crippen molar-refractivity contribution in [3.63, 3.8) is 0 Å². The lowest BCUT2D eigenvalue weighted by molar-refractivity contribution is -0.115. The van der Waals surface area contributed by atoms with E-state index in [4.69, 9.17) is 11.6 Å². The first-order valence-corrected chi connectivity index (χ1v) is 8.88. The summed E-state index contributed by atoms with van der Waals surface area (Å²) < 4.78 is 26.2. The van der Waals surface area contributed by atoms with Crippen LogP contribution in [0.25, 0.3) is 0 Å². The molecule has 0 radical (unpaired) electrons. The van der Waals surface area contributed by atoms with Crippen LogP contribution in [0.2, 0.25) is 5.02 Å². The molecule has 0 spiro atoms. The molecule has 1 aliphatic rings. The maximum atomic E-state index is 12.6. The first kappa shape index (κ1) is 16.5. The van der Waals surface area contributed by atoms with Crippen LogP contribution in [-0.4, -0.2) is 32.4 Å². The van der Waals surface area contributed by atoms with Gasteiger partial charge in [-0.25, -0.2) is 8.42 Å². The van der Waals surface area contributed by atoms with Gasteiger partial charge in [-0.15, -0.1) is 0 Å². The van der Waals surface area contributed by atoms with Crippen molar-refractivity contribution in [2.24, 2.45) is 0 Å². The van der Waals surface area contributed by atoms with Gasteiger partial charge >= 0.3 is 0 Å². The first-order valence-electron chi connectivity index (χ1n) is 7.00. The fourth-order valence-electron chi connectivity index (χ4n) is 2.52. The van der Waals surface area contributed by atoms with Gasteiger partial charge in [0.2, 0.25) is 5.25 Å². The molecular weight excluding hydrogens is 352 g/mol. The molecule has 24 heavy (non-hydrogen) atoms. The number of rotatable bonds is 2. The van der Waals surface area contributed by atoms with Crippen molar-refractivity contribution in [3.05, 3.63) is 59.1 Å². The molecule has 0 aromatic heterocycles. The van der Waals surface area contributed by atoms with E-state index < -0.39 is 27.0 Å². The van der Waals surface area contributed by atoms with Crippen molar-refractivity contribution in [2.75, 3.05) is 16.7 Å². The summed E-state index contributed by atoms with van der Waals surface area (Å²) in [5.74, 6) is -1.64.